The summed E-state index contributed by atoms with van der Waals surface area (Å²) < 4.78 is 5.09. The molecule has 1 N–H and O–H groups in total. The molecule has 1 aromatic rings. The summed E-state index contributed by atoms with van der Waals surface area (Å²) >= 11 is 3.40. The first kappa shape index (κ1) is 10.3. The number of hydrogen-bond donors (Lipinski definition) is 1. The average molecular weight is 242 g/mol. The van der Waals surface area contributed by atoms with Gasteiger partial charge < -0.3 is 4.74 Å². The Morgan fingerprint density at radius 1 is 1.46 bits per heavy atom. The Bertz CT molecular complexity index is 274. The molecule has 0 fully saturated rings. The van der Waals surface area contributed by atoms with E-state index < -0.39 is 0 Å². The van der Waals surface area contributed by atoms with E-state index in [-0.39, 0.29) is 10.7 Å². The van der Waals surface area contributed by atoms with E-state index >= 15 is 0 Å². The first-order valence-electron chi connectivity index (χ1n) is 4.16. The van der Waals surface area contributed by atoms with Gasteiger partial charge in [0.15, 0.2) is 5.90 Å². The minimum absolute atomic E-state index is 0.131. The van der Waals surface area contributed by atoms with Gasteiger partial charge >= 0.3 is 0 Å². The second kappa shape index (κ2) is 5.02. The highest BCUT2D eigenvalue weighted by atomic mass is 79.9. The van der Waals surface area contributed by atoms with Crippen LogP contribution in [0.3, 0.4) is 0 Å². The summed E-state index contributed by atoms with van der Waals surface area (Å²) in [6.45, 7) is 2.41. The number of hydrogen-bond acceptors (Lipinski definition) is 2. The first-order chi connectivity index (χ1) is 6.25. The van der Waals surface area contributed by atoms with Crippen LogP contribution in [0.5, 0.6) is 0 Å². The third-order valence-corrected chi connectivity index (χ3v) is 2.57. The highest BCUT2D eigenvalue weighted by Gasteiger charge is 2.13. The fourth-order valence-electron chi connectivity index (χ4n) is 1.00. The van der Waals surface area contributed by atoms with E-state index in [4.69, 9.17) is 10.1 Å². The van der Waals surface area contributed by atoms with Crippen molar-refractivity contribution in [1.29, 1.82) is 5.41 Å². The topological polar surface area (TPSA) is 33.1 Å². The second-order valence-electron chi connectivity index (χ2n) is 2.57. The smallest absolute Gasteiger partial charge is 0.199 e. The van der Waals surface area contributed by atoms with Crippen molar-refractivity contribution < 1.29 is 4.74 Å². The van der Waals surface area contributed by atoms with Crippen molar-refractivity contribution in [3.05, 3.63) is 35.9 Å². The van der Waals surface area contributed by atoms with Crippen molar-refractivity contribution in [3.63, 3.8) is 0 Å². The highest BCUT2D eigenvalue weighted by molar-refractivity contribution is 9.09. The van der Waals surface area contributed by atoms with Crippen LogP contribution in [-0.2, 0) is 4.74 Å². The Morgan fingerprint density at radius 3 is 2.62 bits per heavy atom. The molecule has 0 aliphatic rings. The van der Waals surface area contributed by atoms with Gasteiger partial charge in [-0.3, -0.25) is 5.41 Å². The molecule has 3 heteroatoms. The summed E-state index contributed by atoms with van der Waals surface area (Å²) in [6.07, 6.45) is 0. The Labute approximate surface area is 86.6 Å². The standard InChI is InChI=1S/C10H12BrNO/c1-2-13-10(12)9(11)8-6-4-3-5-7-8/h3-7,9,12H,2H2,1H3. The molecule has 0 saturated carbocycles. The Morgan fingerprint density at radius 2 is 2.08 bits per heavy atom. The normalized spacial score (nSPS) is 12.2. The van der Waals surface area contributed by atoms with Crippen molar-refractivity contribution >= 4 is 21.8 Å². The third kappa shape index (κ3) is 2.84. The van der Waals surface area contributed by atoms with Crippen LogP contribution in [0.1, 0.15) is 17.3 Å². The predicted octanol–water partition coefficient (Wildman–Crippen LogP) is 3.14. The van der Waals surface area contributed by atoms with Crippen molar-refractivity contribution in [1.82, 2.24) is 0 Å². The molecule has 0 amide bonds. The van der Waals surface area contributed by atoms with E-state index in [1.165, 1.54) is 0 Å². The molecular formula is C10H12BrNO. The zero-order chi connectivity index (χ0) is 9.68. The number of benzene rings is 1. The quantitative estimate of drug-likeness (QED) is 0.493. The Hall–Kier alpha value is -0.830. The maximum absolute atomic E-state index is 7.56. The summed E-state index contributed by atoms with van der Waals surface area (Å²) in [4.78, 5) is -0.131. The molecule has 1 atom stereocenters. The molecule has 2 nitrogen and oxygen atoms in total. The van der Waals surface area contributed by atoms with Crippen molar-refractivity contribution in [2.75, 3.05) is 6.61 Å². The molecule has 0 aliphatic heterocycles. The fraction of sp³-hybridized carbons (Fsp3) is 0.300. The van der Waals surface area contributed by atoms with Gasteiger partial charge in [-0.05, 0) is 12.5 Å². The van der Waals surface area contributed by atoms with Crippen LogP contribution in [0.2, 0.25) is 0 Å². The number of halogens is 1. The lowest BCUT2D eigenvalue weighted by molar-refractivity contribution is 0.316. The number of alkyl halides is 1. The van der Waals surface area contributed by atoms with Crippen LogP contribution < -0.4 is 0 Å². The molecule has 0 heterocycles. The Balaban J connectivity index is 2.68. The SMILES string of the molecule is CCOC(=N)C(Br)c1ccccc1. The molecule has 0 radical (unpaired) electrons. The Kier molecular flexibility index (Phi) is 3.96. The largest absolute Gasteiger partial charge is 0.480 e. The number of ether oxygens (including phenoxy) is 1. The van der Waals surface area contributed by atoms with E-state index in [2.05, 4.69) is 15.9 Å². The maximum Gasteiger partial charge on any atom is 0.199 e. The van der Waals surface area contributed by atoms with Gasteiger partial charge in [0.05, 0.1) is 6.61 Å². The first-order valence-corrected chi connectivity index (χ1v) is 5.07. The van der Waals surface area contributed by atoms with Crippen LogP contribution in [0, 0.1) is 5.41 Å². The summed E-state index contributed by atoms with van der Waals surface area (Å²) in [5.74, 6) is 0.258. The van der Waals surface area contributed by atoms with Crippen molar-refractivity contribution in [2.24, 2.45) is 0 Å². The molecule has 13 heavy (non-hydrogen) atoms. The van der Waals surface area contributed by atoms with E-state index in [9.17, 15) is 0 Å². The van der Waals surface area contributed by atoms with Gasteiger partial charge in [-0.15, -0.1) is 0 Å². The van der Waals surface area contributed by atoms with Gasteiger partial charge in [0.25, 0.3) is 0 Å². The van der Waals surface area contributed by atoms with Crippen LogP contribution in [0.4, 0.5) is 0 Å². The molecule has 1 unspecified atom stereocenters. The minimum Gasteiger partial charge on any atom is -0.480 e. The zero-order valence-corrected chi connectivity index (χ0v) is 9.04. The maximum atomic E-state index is 7.56. The van der Waals surface area contributed by atoms with Gasteiger partial charge in [0.1, 0.15) is 4.83 Å². The fourth-order valence-corrected chi connectivity index (χ4v) is 1.44. The monoisotopic (exact) mass is 241 g/mol. The molecule has 0 aliphatic carbocycles. The van der Waals surface area contributed by atoms with E-state index in [1.807, 2.05) is 37.3 Å². The molecule has 0 bridgehead atoms. The van der Waals surface area contributed by atoms with Gasteiger partial charge in [-0.2, -0.15) is 0 Å². The second-order valence-corrected chi connectivity index (χ2v) is 3.49. The summed E-state index contributed by atoms with van der Waals surface area (Å²) in [6, 6.07) is 9.78. The van der Waals surface area contributed by atoms with Gasteiger partial charge in [0.2, 0.25) is 0 Å². The summed E-state index contributed by atoms with van der Waals surface area (Å²) in [5, 5.41) is 7.56. The van der Waals surface area contributed by atoms with Crippen molar-refractivity contribution in [3.8, 4) is 0 Å². The summed E-state index contributed by atoms with van der Waals surface area (Å²) in [5.41, 5.74) is 1.04. The minimum atomic E-state index is -0.131. The van der Waals surface area contributed by atoms with E-state index in [1.54, 1.807) is 0 Å². The molecule has 0 aromatic heterocycles. The van der Waals surface area contributed by atoms with E-state index in [0.717, 1.165) is 5.56 Å². The third-order valence-electron chi connectivity index (χ3n) is 1.62. The predicted molar refractivity (Wildman–Crippen MR) is 57.5 cm³/mol. The molecule has 0 spiro atoms. The lowest BCUT2D eigenvalue weighted by Crippen LogP contribution is -2.09. The lowest BCUT2D eigenvalue weighted by Gasteiger charge is -2.11. The van der Waals surface area contributed by atoms with Crippen molar-refractivity contribution in [2.45, 2.75) is 11.8 Å². The lowest BCUT2D eigenvalue weighted by atomic mass is 10.1. The van der Waals surface area contributed by atoms with Crippen LogP contribution in [0.15, 0.2) is 30.3 Å². The van der Waals surface area contributed by atoms with Crippen LogP contribution in [-0.4, -0.2) is 12.5 Å². The van der Waals surface area contributed by atoms with Gasteiger partial charge in [-0.1, -0.05) is 46.3 Å². The molecule has 70 valence electrons. The van der Waals surface area contributed by atoms with Crippen LogP contribution >= 0.6 is 15.9 Å². The number of nitrogens with one attached hydrogen (secondary N) is 1. The molecule has 0 saturated heterocycles. The molecular weight excluding hydrogens is 230 g/mol. The molecule has 1 aromatic carbocycles. The van der Waals surface area contributed by atoms with Crippen LogP contribution in [0.25, 0.3) is 0 Å². The van der Waals surface area contributed by atoms with Gasteiger partial charge in [-0.25, -0.2) is 0 Å². The van der Waals surface area contributed by atoms with E-state index in [0.29, 0.717) is 6.61 Å². The highest BCUT2D eigenvalue weighted by Crippen LogP contribution is 2.23. The summed E-state index contributed by atoms with van der Waals surface area (Å²) in [7, 11) is 0. The van der Waals surface area contributed by atoms with Gasteiger partial charge in [0, 0.05) is 0 Å². The number of rotatable bonds is 3. The molecule has 1 rings (SSSR count). The zero-order valence-electron chi connectivity index (χ0n) is 7.46. The average Bonchev–Trinajstić information content (AvgIpc) is 2.18.